The summed E-state index contributed by atoms with van der Waals surface area (Å²) in [5.41, 5.74) is 0.864. The number of nitrogens with zero attached hydrogens (tertiary/aromatic N) is 1. The van der Waals surface area contributed by atoms with Gasteiger partial charge in [-0.1, -0.05) is 12.8 Å². The Hall–Kier alpha value is -1.85. The Morgan fingerprint density at radius 2 is 2.11 bits per heavy atom. The zero-order chi connectivity index (χ0) is 13.5. The van der Waals surface area contributed by atoms with Crippen LogP contribution in [-0.4, -0.2) is 28.6 Å². The molecule has 6 heteroatoms. The fraction of sp³-hybridized carbons (Fsp3) is 0.615. The molecule has 104 valence electrons. The number of amides is 2. The van der Waals surface area contributed by atoms with E-state index >= 15 is 0 Å². The molecule has 0 unspecified atom stereocenters. The molecule has 0 saturated heterocycles. The molecule has 1 aliphatic carbocycles. The Balaban J connectivity index is 1.57. The number of carbonyl (C=O) groups is 2. The van der Waals surface area contributed by atoms with Crippen LogP contribution < -0.4 is 10.6 Å². The number of hydrogen-bond acceptors (Lipinski definition) is 3. The van der Waals surface area contributed by atoms with Crippen LogP contribution in [0.3, 0.4) is 0 Å². The Morgan fingerprint density at radius 1 is 1.32 bits per heavy atom. The van der Waals surface area contributed by atoms with Crippen molar-refractivity contribution in [2.75, 3.05) is 6.54 Å². The van der Waals surface area contributed by atoms with Gasteiger partial charge in [0.15, 0.2) is 0 Å². The van der Waals surface area contributed by atoms with E-state index in [9.17, 15) is 9.59 Å². The zero-order valence-electron chi connectivity index (χ0n) is 10.9. The van der Waals surface area contributed by atoms with Gasteiger partial charge in [0.25, 0.3) is 0 Å². The molecule has 1 aliphatic rings. The number of carbonyl (C=O) groups excluding carboxylic acids is 2. The van der Waals surface area contributed by atoms with E-state index in [0.717, 1.165) is 31.4 Å². The van der Waals surface area contributed by atoms with Crippen LogP contribution in [-0.2, 0) is 16.1 Å². The average Bonchev–Trinajstić information content (AvgIpc) is 3.09. The van der Waals surface area contributed by atoms with E-state index in [0.29, 0.717) is 19.5 Å². The van der Waals surface area contributed by atoms with Crippen LogP contribution in [0.25, 0.3) is 0 Å². The topological polar surface area (TPSA) is 86.9 Å². The minimum Gasteiger partial charge on any atom is -0.355 e. The summed E-state index contributed by atoms with van der Waals surface area (Å²) in [5, 5.41) is 12.2. The highest BCUT2D eigenvalue weighted by Gasteiger charge is 2.22. The summed E-state index contributed by atoms with van der Waals surface area (Å²) >= 11 is 0. The first-order valence-electron chi connectivity index (χ1n) is 6.78. The quantitative estimate of drug-likeness (QED) is 0.707. The standard InChI is InChI=1S/C13H20N4O2/c18-12(15-9-11-5-8-16-17-11)6-7-14-13(19)10-3-1-2-4-10/h5,8,10H,1-4,6-7,9H2,(H,14,19)(H,15,18)(H,16,17). The highest BCUT2D eigenvalue weighted by molar-refractivity contribution is 5.80. The molecule has 1 aromatic heterocycles. The molecule has 0 bridgehead atoms. The molecule has 0 aromatic carbocycles. The highest BCUT2D eigenvalue weighted by atomic mass is 16.2. The van der Waals surface area contributed by atoms with Gasteiger partial charge in [0.1, 0.15) is 0 Å². The summed E-state index contributed by atoms with van der Waals surface area (Å²) in [6.45, 7) is 0.847. The van der Waals surface area contributed by atoms with Crippen molar-refractivity contribution >= 4 is 11.8 Å². The van der Waals surface area contributed by atoms with Gasteiger partial charge in [-0.3, -0.25) is 14.7 Å². The van der Waals surface area contributed by atoms with E-state index in [4.69, 9.17) is 0 Å². The van der Waals surface area contributed by atoms with E-state index in [2.05, 4.69) is 20.8 Å². The third-order valence-corrected chi connectivity index (χ3v) is 3.41. The van der Waals surface area contributed by atoms with E-state index < -0.39 is 0 Å². The molecule has 2 rings (SSSR count). The smallest absolute Gasteiger partial charge is 0.223 e. The number of H-pyrrole nitrogens is 1. The molecule has 1 fully saturated rings. The Kier molecular flexibility index (Phi) is 4.94. The average molecular weight is 264 g/mol. The molecule has 2 amide bonds. The molecule has 0 spiro atoms. The molecule has 19 heavy (non-hydrogen) atoms. The fourth-order valence-corrected chi connectivity index (χ4v) is 2.30. The van der Waals surface area contributed by atoms with Crippen molar-refractivity contribution in [3.8, 4) is 0 Å². The maximum absolute atomic E-state index is 11.7. The third kappa shape index (κ3) is 4.39. The van der Waals surface area contributed by atoms with Gasteiger partial charge in [-0.05, 0) is 18.9 Å². The van der Waals surface area contributed by atoms with E-state index in [-0.39, 0.29) is 17.7 Å². The van der Waals surface area contributed by atoms with Gasteiger partial charge in [-0.25, -0.2) is 0 Å². The molecule has 0 radical (unpaired) electrons. The van der Waals surface area contributed by atoms with Gasteiger partial charge in [-0.15, -0.1) is 0 Å². The van der Waals surface area contributed by atoms with Crippen LogP contribution in [0, 0.1) is 5.92 Å². The monoisotopic (exact) mass is 264 g/mol. The van der Waals surface area contributed by atoms with E-state index in [1.807, 2.05) is 6.07 Å². The van der Waals surface area contributed by atoms with Crippen molar-refractivity contribution in [1.82, 2.24) is 20.8 Å². The Bertz CT molecular complexity index is 410. The minimum atomic E-state index is -0.0682. The van der Waals surface area contributed by atoms with Gasteiger partial charge in [0, 0.05) is 25.1 Å². The van der Waals surface area contributed by atoms with Gasteiger partial charge >= 0.3 is 0 Å². The molecular formula is C13H20N4O2. The van der Waals surface area contributed by atoms with Crippen LogP contribution in [0.5, 0.6) is 0 Å². The van der Waals surface area contributed by atoms with Gasteiger partial charge in [0.05, 0.1) is 12.2 Å². The lowest BCUT2D eigenvalue weighted by Crippen LogP contribution is -2.33. The Labute approximate surface area is 112 Å². The number of rotatable bonds is 6. The van der Waals surface area contributed by atoms with Crippen molar-refractivity contribution < 1.29 is 9.59 Å². The van der Waals surface area contributed by atoms with E-state index in [1.54, 1.807) is 6.20 Å². The maximum Gasteiger partial charge on any atom is 0.223 e. The molecule has 1 heterocycles. The second kappa shape index (κ2) is 6.92. The first-order chi connectivity index (χ1) is 9.25. The predicted octanol–water partition coefficient (Wildman–Crippen LogP) is 0.722. The van der Waals surface area contributed by atoms with Gasteiger partial charge in [0.2, 0.25) is 11.8 Å². The summed E-state index contributed by atoms with van der Waals surface area (Å²) in [7, 11) is 0. The molecule has 3 N–H and O–H groups in total. The number of aromatic amines is 1. The summed E-state index contributed by atoms with van der Waals surface area (Å²) < 4.78 is 0. The zero-order valence-corrected chi connectivity index (χ0v) is 10.9. The molecule has 0 aliphatic heterocycles. The largest absolute Gasteiger partial charge is 0.355 e. The van der Waals surface area contributed by atoms with Crippen molar-refractivity contribution in [1.29, 1.82) is 0 Å². The van der Waals surface area contributed by atoms with Crippen molar-refractivity contribution in [2.24, 2.45) is 5.92 Å². The summed E-state index contributed by atoms with van der Waals surface area (Å²) in [4.78, 5) is 23.3. The minimum absolute atomic E-state index is 0.0682. The summed E-state index contributed by atoms with van der Waals surface area (Å²) in [6.07, 6.45) is 6.21. The van der Waals surface area contributed by atoms with Gasteiger partial charge < -0.3 is 10.6 Å². The normalized spacial score (nSPS) is 15.4. The van der Waals surface area contributed by atoms with Gasteiger partial charge in [-0.2, -0.15) is 5.10 Å². The van der Waals surface area contributed by atoms with Crippen molar-refractivity contribution in [3.05, 3.63) is 18.0 Å². The van der Waals surface area contributed by atoms with Crippen LogP contribution >= 0.6 is 0 Å². The first kappa shape index (κ1) is 13.6. The summed E-state index contributed by atoms with van der Waals surface area (Å²) in [6, 6.07) is 1.81. The molecule has 6 nitrogen and oxygen atoms in total. The second-order valence-electron chi connectivity index (χ2n) is 4.88. The van der Waals surface area contributed by atoms with Crippen LogP contribution in [0.15, 0.2) is 12.3 Å². The first-order valence-corrected chi connectivity index (χ1v) is 6.78. The molecular weight excluding hydrogens is 244 g/mol. The van der Waals surface area contributed by atoms with Crippen LogP contribution in [0.1, 0.15) is 37.8 Å². The number of aromatic nitrogens is 2. The van der Waals surface area contributed by atoms with Crippen molar-refractivity contribution in [2.45, 2.75) is 38.6 Å². The molecule has 1 aromatic rings. The lowest BCUT2D eigenvalue weighted by atomic mass is 10.1. The second-order valence-corrected chi connectivity index (χ2v) is 4.88. The molecule has 0 atom stereocenters. The van der Waals surface area contributed by atoms with E-state index in [1.165, 1.54) is 0 Å². The highest BCUT2D eigenvalue weighted by Crippen LogP contribution is 2.24. The SMILES string of the molecule is O=C(CCNC(=O)C1CCCC1)NCc1ccn[nH]1. The third-order valence-electron chi connectivity index (χ3n) is 3.41. The Morgan fingerprint density at radius 3 is 2.79 bits per heavy atom. The fourth-order valence-electron chi connectivity index (χ4n) is 2.30. The number of nitrogens with one attached hydrogen (secondary N) is 3. The van der Waals surface area contributed by atoms with Crippen LogP contribution in [0.2, 0.25) is 0 Å². The van der Waals surface area contributed by atoms with Crippen molar-refractivity contribution in [3.63, 3.8) is 0 Å². The lowest BCUT2D eigenvalue weighted by Gasteiger charge is -2.10. The number of hydrogen-bond donors (Lipinski definition) is 3. The lowest BCUT2D eigenvalue weighted by molar-refractivity contribution is -0.125. The summed E-state index contributed by atoms with van der Waals surface area (Å²) in [5.74, 6) is 0.188. The maximum atomic E-state index is 11.7. The van der Waals surface area contributed by atoms with Crippen LogP contribution in [0.4, 0.5) is 0 Å². The molecule has 1 saturated carbocycles. The predicted molar refractivity (Wildman–Crippen MR) is 70.0 cm³/mol.